The molecule has 158 valence electrons. The first-order valence-electron chi connectivity index (χ1n) is 9.63. The highest BCUT2D eigenvalue weighted by molar-refractivity contribution is 5.87. The maximum Gasteiger partial charge on any atom is 0.407 e. The van der Waals surface area contributed by atoms with Crippen LogP contribution in [0.15, 0.2) is 33.5 Å². The fourth-order valence-electron chi connectivity index (χ4n) is 2.76. The van der Waals surface area contributed by atoms with Gasteiger partial charge in [-0.25, -0.2) is 9.59 Å². The summed E-state index contributed by atoms with van der Waals surface area (Å²) in [6, 6.07) is 5.74. The number of amides is 2. The van der Waals surface area contributed by atoms with Crippen LogP contribution < -0.4 is 16.3 Å². The zero-order chi connectivity index (χ0) is 21.4. The van der Waals surface area contributed by atoms with Crippen LogP contribution >= 0.6 is 0 Å². The SMILES string of the molecule is CC(C)(C)OC(=O)NCCCCCNC(=O)Cc1cc(=O)oc2cc(O)ccc12. The summed E-state index contributed by atoms with van der Waals surface area (Å²) in [6.07, 6.45) is 2.01. The molecule has 0 spiro atoms. The maximum atomic E-state index is 12.2. The molecule has 1 aromatic heterocycles. The molecule has 0 aliphatic carbocycles. The Morgan fingerprint density at radius 2 is 1.76 bits per heavy atom. The van der Waals surface area contributed by atoms with Gasteiger partial charge in [0, 0.05) is 30.6 Å². The Morgan fingerprint density at radius 1 is 1.07 bits per heavy atom. The number of hydrogen-bond acceptors (Lipinski definition) is 6. The number of alkyl carbamates (subject to hydrolysis) is 1. The standard InChI is InChI=1S/C21H28N2O6/c1-21(2,3)29-20(27)23-10-6-4-5-9-22-18(25)11-14-12-19(26)28-17-13-15(24)7-8-16(14)17/h7-8,12-13,24H,4-6,9-11H2,1-3H3,(H,22,25)(H,23,27). The van der Waals surface area contributed by atoms with E-state index in [1.165, 1.54) is 18.2 Å². The lowest BCUT2D eigenvalue weighted by atomic mass is 10.1. The molecule has 2 rings (SSSR count). The van der Waals surface area contributed by atoms with Crippen LogP contribution in [0.1, 0.15) is 45.6 Å². The highest BCUT2D eigenvalue weighted by atomic mass is 16.6. The third kappa shape index (κ3) is 7.85. The number of aromatic hydroxyl groups is 1. The van der Waals surface area contributed by atoms with E-state index < -0.39 is 17.3 Å². The number of rotatable bonds is 8. The number of fused-ring (bicyclic) bond motifs is 1. The van der Waals surface area contributed by atoms with E-state index in [1.807, 2.05) is 20.8 Å². The molecule has 0 radical (unpaired) electrons. The summed E-state index contributed by atoms with van der Waals surface area (Å²) in [5, 5.41) is 15.6. The molecule has 0 fully saturated rings. The molecular weight excluding hydrogens is 376 g/mol. The van der Waals surface area contributed by atoms with Gasteiger partial charge in [-0.05, 0) is 57.7 Å². The third-order valence-electron chi connectivity index (χ3n) is 4.01. The Hall–Kier alpha value is -3.03. The van der Waals surface area contributed by atoms with Crippen molar-refractivity contribution in [3.05, 3.63) is 40.2 Å². The maximum absolute atomic E-state index is 12.2. The fraction of sp³-hybridized carbons (Fsp3) is 0.476. The van der Waals surface area contributed by atoms with Gasteiger partial charge >= 0.3 is 11.7 Å². The summed E-state index contributed by atoms with van der Waals surface area (Å²) >= 11 is 0. The third-order valence-corrected chi connectivity index (χ3v) is 4.01. The second-order valence-corrected chi connectivity index (χ2v) is 7.79. The highest BCUT2D eigenvalue weighted by Gasteiger charge is 2.15. The lowest BCUT2D eigenvalue weighted by molar-refractivity contribution is -0.120. The number of nitrogens with one attached hydrogen (secondary N) is 2. The number of carbonyl (C=O) groups is 2. The van der Waals surface area contributed by atoms with E-state index in [0.29, 0.717) is 24.0 Å². The van der Waals surface area contributed by atoms with Crippen LogP contribution in [0.2, 0.25) is 0 Å². The van der Waals surface area contributed by atoms with Crippen molar-refractivity contribution in [3.63, 3.8) is 0 Å². The van der Waals surface area contributed by atoms with Gasteiger partial charge in [0.2, 0.25) is 5.91 Å². The van der Waals surface area contributed by atoms with Gasteiger partial charge in [0.05, 0.1) is 6.42 Å². The molecule has 8 heteroatoms. The van der Waals surface area contributed by atoms with Crippen molar-refractivity contribution in [2.45, 2.75) is 52.1 Å². The van der Waals surface area contributed by atoms with Crippen LogP contribution in [-0.2, 0) is 16.0 Å². The van der Waals surface area contributed by atoms with Gasteiger partial charge in [0.15, 0.2) is 0 Å². The number of hydrogen-bond donors (Lipinski definition) is 3. The predicted octanol–water partition coefficient (Wildman–Crippen LogP) is 2.85. The summed E-state index contributed by atoms with van der Waals surface area (Å²) in [6.45, 7) is 6.45. The van der Waals surface area contributed by atoms with Crippen molar-refractivity contribution >= 4 is 23.0 Å². The van der Waals surface area contributed by atoms with Crippen molar-refractivity contribution in [2.75, 3.05) is 13.1 Å². The molecule has 0 bridgehead atoms. The Balaban J connectivity index is 1.70. The smallest absolute Gasteiger partial charge is 0.407 e. The molecule has 0 saturated carbocycles. The summed E-state index contributed by atoms with van der Waals surface area (Å²) in [5.41, 5.74) is -0.281. The first kappa shape index (κ1) is 22.3. The molecule has 0 saturated heterocycles. The topological polar surface area (TPSA) is 118 Å². The minimum Gasteiger partial charge on any atom is -0.508 e. The van der Waals surface area contributed by atoms with Crippen LogP contribution in [0.3, 0.4) is 0 Å². The largest absolute Gasteiger partial charge is 0.508 e. The van der Waals surface area contributed by atoms with Crippen LogP contribution in [-0.4, -0.2) is 35.8 Å². The molecule has 29 heavy (non-hydrogen) atoms. The van der Waals surface area contributed by atoms with Gasteiger partial charge in [0.1, 0.15) is 16.9 Å². The highest BCUT2D eigenvalue weighted by Crippen LogP contribution is 2.22. The van der Waals surface area contributed by atoms with Gasteiger partial charge in [-0.15, -0.1) is 0 Å². The van der Waals surface area contributed by atoms with E-state index in [4.69, 9.17) is 9.15 Å². The summed E-state index contributed by atoms with van der Waals surface area (Å²) in [7, 11) is 0. The van der Waals surface area contributed by atoms with Crippen LogP contribution in [0.5, 0.6) is 5.75 Å². The summed E-state index contributed by atoms with van der Waals surface area (Å²) in [4.78, 5) is 35.4. The van der Waals surface area contributed by atoms with Crippen LogP contribution in [0.4, 0.5) is 4.79 Å². The van der Waals surface area contributed by atoms with Gasteiger partial charge in [-0.3, -0.25) is 4.79 Å². The molecule has 8 nitrogen and oxygen atoms in total. The van der Waals surface area contributed by atoms with Crippen molar-refractivity contribution in [3.8, 4) is 5.75 Å². The number of benzene rings is 1. The molecule has 1 aromatic carbocycles. The summed E-state index contributed by atoms with van der Waals surface area (Å²) < 4.78 is 10.2. The zero-order valence-electron chi connectivity index (χ0n) is 17.0. The predicted molar refractivity (Wildman–Crippen MR) is 109 cm³/mol. The minimum absolute atomic E-state index is 0.0107. The molecular formula is C21H28N2O6. The Labute approximate surface area is 169 Å². The zero-order valence-corrected chi connectivity index (χ0v) is 17.0. The molecule has 2 aromatic rings. The van der Waals surface area contributed by atoms with Gasteiger partial charge in [0.25, 0.3) is 0 Å². The number of unbranched alkanes of at least 4 members (excludes halogenated alkanes) is 2. The molecule has 2 amide bonds. The van der Waals surface area contributed by atoms with E-state index in [9.17, 15) is 19.5 Å². The van der Waals surface area contributed by atoms with E-state index in [2.05, 4.69) is 10.6 Å². The van der Waals surface area contributed by atoms with E-state index in [-0.39, 0.29) is 23.7 Å². The Bertz CT molecular complexity index is 914. The van der Waals surface area contributed by atoms with Gasteiger partial charge < -0.3 is 24.9 Å². The number of ether oxygens (including phenoxy) is 1. The first-order valence-corrected chi connectivity index (χ1v) is 9.63. The summed E-state index contributed by atoms with van der Waals surface area (Å²) in [5.74, 6) is -0.208. The second kappa shape index (κ2) is 9.95. The minimum atomic E-state index is -0.566. The van der Waals surface area contributed by atoms with Crippen molar-refractivity contribution in [1.29, 1.82) is 0 Å². The van der Waals surface area contributed by atoms with Gasteiger partial charge in [-0.2, -0.15) is 0 Å². The van der Waals surface area contributed by atoms with Crippen molar-refractivity contribution in [1.82, 2.24) is 10.6 Å². The second-order valence-electron chi connectivity index (χ2n) is 7.79. The lowest BCUT2D eigenvalue weighted by Crippen LogP contribution is -2.33. The Morgan fingerprint density at radius 3 is 2.45 bits per heavy atom. The quantitative estimate of drug-likeness (QED) is 0.460. The average Bonchev–Trinajstić information content (AvgIpc) is 2.58. The van der Waals surface area contributed by atoms with E-state index in [1.54, 1.807) is 6.07 Å². The number of phenols is 1. The monoisotopic (exact) mass is 404 g/mol. The van der Waals surface area contributed by atoms with Crippen LogP contribution in [0.25, 0.3) is 11.0 Å². The van der Waals surface area contributed by atoms with E-state index >= 15 is 0 Å². The molecule has 0 atom stereocenters. The number of carbonyl (C=O) groups excluding carboxylic acids is 2. The lowest BCUT2D eigenvalue weighted by Gasteiger charge is -2.19. The first-order chi connectivity index (χ1) is 13.6. The van der Waals surface area contributed by atoms with Crippen molar-refractivity contribution < 1.29 is 23.8 Å². The molecule has 0 unspecified atom stereocenters. The van der Waals surface area contributed by atoms with Gasteiger partial charge in [-0.1, -0.05) is 0 Å². The number of phenolic OH excluding ortho intramolecular Hbond substituents is 1. The Kier molecular flexibility index (Phi) is 7.64. The van der Waals surface area contributed by atoms with Crippen molar-refractivity contribution in [2.24, 2.45) is 0 Å². The molecule has 0 aliphatic rings. The molecule has 3 N–H and O–H groups in total. The normalized spacial score (nSPS) is 11.3. The van der Waals surface area contributed by atoms with E-state index in [0.717, 1.165) is 19.3 Å². The molecule has 1 heterocycles. The average molecular weight is 404 g/mol. The molecule has 0 aliphatic heterocycles. The fourth-order valence-corrected chi connectivity index (χ4v) is 2.76. The van der Waals surface area contributed by atoms with Crippen LogP contribution in [0, 0.1) is 0 Å².